The molecule has 4 rings (SSSR count). The predicted molar refractivity (Wildman–Crippen MR) is 126 cm³/mol. The minimum Gasteiger partial charge on any atom is -0.534 e. The Bertz CT molecular complexity index is 980. The van der Waals surface area contributed by atoms with Crippen molar-refractivity contribution in [2.24, 2.45) is 0 Å². The van der Waals surface area contributed by atoms with Crippen LogP contribution in [0.1, 0.15) is 44.7 Å². The van der Waals surface area contributed by atoms with Crippen LogP contribution in [0.5, 0.6) is 5.75 Å². The van der Waals surface area contributed by atoms with Crippen LogP contribution in [0.4, 0.5) is 0 Å². The van der Waals surface area contributed by atoms with E-state index in [1.165, 1.54) is 15.9 Å². The van der Waals surface area contributed by atoms with Gasteiger partial charge >= 0.3 is 8.32 Å². The van der Waals surface area contributed by atoms with Crippen molar-refractivity contribution in [1.29, 1.82) is 0 Å². The zero-order chi connectivity index (χ0) is 21.2. The van der Waals surface area contributed by atoms with Crippen molar-refractivity contribution in [3.63, 3.8) is 0 Å². The molecule has 0 bridgehead atoms. The van der Waals surface area contributed by atoms with Gasteiger partial charge in [0.15, 0.2) is 0 Å². The van der Waals surface area contributed by atoms with Crippen LogP contribution in [0, 0.1) is 0 Å². The Hall–Kier alpha value is -2.65. The molecular weight excluding hydrogens is 384 g/mol. The summed E-state index contributed by atoms with van der Waals surface area (Å²) >= 11 is 0. The van der Waals surface area contributed by atoms with Gasteiger partial charge in [0.05, 0.1) is 0 Å². The van der Waals surface area contributed by atoms with Gasteiger partial charge in [-0.25, -0.2) is 0 Å². The maximum Gasteiger partial charge on any atom is 0.319 e. The normalized spacial score (nSPS) is 14.7. The fourth-order valence-electron chi connectivity index (χ4n) is 4.73. The van der Waals surface area contributed by atoms with Gasteiger partial charge in [-0.05, 0) is 45.4 Å². The van der Waals surface area contributed by atoms with Crippen LogP contribution >= 0.6 is 0 Å². The average molecular weight is 415 g/mol. The smallest absolute Gasteiger partial charge is 0.319 e. The zero-order valence-corrected chi connectivity index (χ0v) is 19.2. The molecule has 0 unspecified atom stereocenters. The number of ketones is 1. The van der Waals surface area contributed by atoms with Crippen LogP contribution in [-0.4, -0.2) is 14.1 Å². The van der Waals surface area contributed by atoms with E-state index >= 15 is 0 Å². The molecule has 0 aliphatic heterocycles. The van der Waals surface area contributed by atoms with Gasteiger partial charge in [-0.1, -0.05) is 93.6 Å². The van der Waals surface area contributed by atoms with E-state index in [-0.39, 0.29) is 5.04 Å². The molecule has 0 heterocycles. The van der Waals surface area contributed by atoms with E-state index in [1.54, 1.807) is 0 Å². The molecule has 0 N–H and O–H groups in total. The fourth-order valence-corrected chi connectivity index (χ4v) is 9.19. The average Bonchev–Trinajstić information content (AvgIpc) is 2.93. The molecule has 1 aliphatic rings. The van der Waals surface area contributed by atoms with Crippen molar-refractivity contribution in [3.05, 3.63) is 90.0 Å². The molecule has 0 saturated carbocycles. The van der Waals surface area contributed by atoms with E-state index in [0.29, 0.717) is 18.6 Å². The number of rotatable bonds is 4. The van der Waals surface area contributed by atoms with Crippen molar-refractivity contribution in [2.45, 2.75) is 51.5 Å². The highest BCUT2D eigenvalue weighted by atomic mass is 28.4. The van der Waals surface area contributed by atoms with Gasteiger partial charge in [-0.2, -0.15) is 0 Å². The van der Waals surface area contributed by atoms with E-state index in [2.05, 4.69) is 93.6 Å². The summed E-state index contributed by atoms with van der Waals surface area (Å²) in [5.74, 6) is 1.29. The summed E-state index contributed by atoms with van der Waals surface area (Å²) in [7, 11) is -2.67. The van der Waals surface area contributed by atoms with Crippen LogP contribution in [0.15, 0.2) is 78.9 Å². The molecule has 3 aromatic rings. The van der Waals surface area contributed by atoms with E-state index in [0.717, 1.165) is 24.2 Å². The number of hydrogen-bond donors (Lipinski definition) is 0. The van der Waals surface area contributed by atoms with Crippen molar-refractivity contribution >= 4 is 24.5 Å². The lowest BCUT2D eigenvalue weighted by Gasteiger charge is -2.43. The Morgan fingerprint density at radius 2 is 1.37 bits per heavy atom. The number of fused-ring (bicyclic) bond motifs is 1. The predicted octanol–water partition coefficient (Wildman–Crippen LogP) is 5.07. The summed E-state index contributed by atoms with van der Waals surface area (Å²) < 4.78 is 7.26. The Kier molecular flexibility index (Phi) is 5.66. The van der Waals surface area contributed by atoms with Crippen molar-refractivity contribution in [3.8, 4) is 5.75 Å². The first-order chi connectivity index (χ1) is 14.4. The van der Waals surface area contributed by atoms with Crippen molar-refractivity contribution < 1.29 is 9.22 Å². The summed E-state index contributed by atoms with van der Waals surface area (Å²) in [4.78, 5) is 12.2. The minimum absolute atomic E-state index is 0.0843. The molecule has 0 spiro atoms. The quantitative estimate of drug-likeness (QED) is 0.440. The summed E-state index contributed by atoms with van der Waals surface area (Å²) in [6.07, 6.45) is 2.98. The SMILES string of the molecule is CC(C)(C)[Si](Oc1cccc2c1CCCC(=O)C2)(c1ccccc1)c1ccccc1. The lowest BCUT2D eigenvalue weighted by Crippen LogP contribution is -2.68. The summed E-state index contributed by atoms with van der Waals surface area (Å²) in [6, 6.07) is 27.7. The lowest BCUT2D eigenvalue weighted by atomic mass is 10.0. The Morgan fingerprint density at radius 3 is 1.93 bits per heavy atom. The van der Waals surface area contributed by atoms with E-state index in [1.807, 2.05) is 6.07 Å². The Balaban J connectivity index is 1.93. The van der Waals surface area contributed by atoms with Crippen LogP contribution in [0.25, 0.3) is 0 Å². The van der Waals surface area contributed by atoms with Gasteiger partial charge in [0.2, 0.25) is 0 Å². The van der Waals surface area contributed by atoms with Gasteiger partial charge in [0, 0.05) is 12.8 Å². The summed E-state index contributed by atoms with van der Waals surface area (Å²) in [5, 5.41) is 2.45. The van der Waals surface area contributed by atoms with Gasteiger partial charge in [0.25, 0.3) is 0 Å². The second kappa shape index (κ2) is 8.23. The molecule has 0 saturated heterocycles. The Labute approximate surface area is 181 Å². The third-order valence-electron chi connectivity index (χ3n) is 6.18. The molecule has 3 aromatic carbocycles. The topological polar surface area (TPSA) is 26.3 Å². The number of carbonyl (C=O) groups excluding carboxylic acids is 1. The molecule has 3 heteroatoms. The van der Waals surface area contributed by atoms with Crippen molar-refractivity contribution in [1.82, 2.24) is 0 Å². The van der Waals surface area contributed by atoms with E-state index in [4.69, 9.17) is 4.43 Å². The molecule has 2 nitrogen and oxygen atoms in total. The first-order valence-electron chi connectivity index (χ1n) is 10.8. The molecule has 0 radical (unpaired) electrons. The van der Waals surface area contributed by atoms with Crippen LogP contribution < -0.4 is 14.8 Å². The molecule has 0 amide bonds. The van der Waals surface area contributed by atoms with Crippen LogP contribution in [0.2, 0.25) is 5.04 Å². The van der Waals surface area contributed by atoms with Gasteiger partial charge in [-0.3, -0.25) is 4.79 Å². The molecule has 30 heavy (non-hydrogen) atoms. The molecule has 1 aliphatic carbocycles. The molecule has 0 aromatic heterocycles. The molecular formula is C27H30O2Si. The maximum absolute atomic E-state index is 12.2. The largest absolute Gasteiger partial charge is 0.534 e. The number of carbonyl (C=O) groups is 1. The van der Waals surface area contributed by atoms with E-state index < -0.39 is 8.32 Å². The summed E-state index contributed by atoms with van der Waals surface area (Å²) in [5.41, 5.74) is 2.35. The van der Waals surface area contributed by atoms with E-state index in [9.17, 15) is 4.79 Å². The fraction of sp³-hybridized carbons (Fsp3) is 0.296. The second-order valence-electron chi connectivity index (χ2n) is 9.23. The lowest BCUT2D eigenvalue weighted by molar-refractivity contribution is -0.118. The van der Waals surface area contributed by atoms with Crippen LogP contribution in [0.3, 0.4) is 0 Å². The molecule has 154 valence electrons. The number of Topliss-reactive ketones (excluding diaryl/α,β-unsaturated/α-hetero) is 1. The third-order valence-corrected chi connectivity index (χ3v) is 11.1. The maximum atomic E-state index is 12.2. The van der Waals surface area contributed by atoms with Gasteiger partial charge in [0.1, 0.15) is 11.5 Å². The Morgan fingerprint density at radius 1 is 0.767 bits per heavy atom. The standard InChI is InChI=1S/C27H30O2Si/c1-27(2,3)30(23-14-6-4-7-15-23,24-16-8-5-9-17-24)29-26-19-10-12-21-20-22(28)13-11-18-25(21)26/h4-10,12,14-17,19H,11,13,18,20H2,1-3H3. The van der Waals surface area contributed by atoms with Gasteiger partial charge in [-0.15, -0.1) is 0 Å². The summed E-state index contributed by atoms with van der Waals surface area (Å²) in [6.45, 7) is 6.89. The third kappa shape index (κ3) is 3.74. The van der Waals surface area contributed by atoms with Gasteiger partial charge < -0.3 is 4.43 Å². The first kappa shape index (κ1) is 20.6. The second-order valence-corrected chi connectivity index (χ2v) is 13.4. The molecule has 0 fully saturated rings. The highest BCUT2D eigenvalue weighted by molar-refractivity contribution is 7.00. The highest BCUT2D eigenvalue weighted by Gasteiger charge is 2.52. The highest BCUT2D eigenvalue weighted by Crippen LogP contribution is 2.39. The number of benzene rings is 3. The monoisotopic (exact) mass is 414 g/mol. The molecule has 0 atom stereocenters. The van der Waals surface area contributed by atoms with Crippen molar-refractivity contribution in [2.75, 3.05) is 0 Å². The first-order valence-corrected chi connectivity index (χ1v) is 12.8. The number of hydrogen-bond acceptors (Lipinski definition) is 2. The minimum atomic E-state index is -2.67. The zero-order valence-electron chi connectivity index (χ0n) is 18.2. The van der Waals surface area contributed by atoms with Crippen LogP contribution in [-0.2, 0) is 17.6 Å².